The average molecular weight is 231 g/mol. The van der Waals surface area contributed by atoms with Crippen LogP contribution in [0, 0.1) is 0 Å². The molecule has 0 aliphatic rings. The Hall–Kier alpha value is -1.84. The summed E-state index contributed by atoms with van der Waals surface area (Å²) in [5, 5.41) is 7.01. The molecule has 90 valence electrons. The number of hydrogen-bond donors (Lipinski definition) is 1. The van der Waals surface area contributed by atoms with Crippen molar-refractivity contribution in [2.75, 3.05) is 11.9 Å². The minimum Gasteiger partial charge on any atom is -0.338 e. The van der Waals surface area contributed by atoms with Gasteiger partial charge in [-0.2, -0.15) is 4.98 Å². The summed E-state index contributed by atoms with van der Waals surface area (Å²) in [4.78, 5) is 4.27. The van der Waals surface area contributed by atoms with E-state index in [9.17, 15) is 0 Å². The summed E-state index contributed by atoms with van der Waals surface area (Å²) >= 11 is 0. The first kappa shape index (κ1) is 11.6. The van der Waals surface area contributed by atoms with Crippen molar-refractivity contribution in [3.05, 3.63) is 41.7 Å². The van der Waals surface area contributed by atoms with Gasteiger partial charge in [0, 0.05) is 13.0 Å². The van der Waals surface area contributed by atoms with E-state index >= 15 is 0 Å². The van der Waals surface area contributed by atoms with Gasteiger partial charge in [-0.15, -0.1) is 0 Å². The van der Waals surface area contributed by atoms with Gasteiger partial charge < -0.3 is 9.84 Å². The molecule has 0 bridgehead atoms. The highest BCUT2D eigenvalue weighted by Crippen LogP contribution is 2.07. The predicted molar refractivity (Wildman–Crippen MR) is 66.9 cm³/mol. The third kappa shape index (κ3) is 3.59. The zero-order chi connectivity index (χ0) is 11.9. The van der Waals surface area contributed by atoms with Crippen LogP contribution in [0.15, 0.2) is 34.9 Å². The van der Waals surface area contributed by atoms with E-state index in [0.717, 1.165) is 31.6 Å². The second-order valence-corrected chi connectivity index (χ2v) is 3.93. The van der Waals surface area contributed by atoms with Gasteiger partial charge in [-0.25, -0.2) is 0 Å². The third-order valence-corrected chi connectivity index (χ3v) is 2.47. The highest BCUT2D eigenvalue weighted by atomic mass is 16.5. The summed E-state index contributed by atoms with van der Waals surface area (Å²) in [6, 6.07) is 10.8. The summed E-state index contributed by atoms with van der Waals surface area (Å²) in [7, 11) is 0. The molecule has 4 nitrogen and oxygen atoms in total. The molecule has 0 aliphatic carbocycles. The van der Waals surface area contributed by atoms with Crippen LogP contribution in [0.4, 0.5) is 6.01 Å². The Bertz CT molecular complexity index is 439. The van der Waals surface area contributed by atoms with E-state index in [2.05, 4.69) is 34.5 Å². The molecule has 1 aromatic carbocycles. The fraction of sp³-hybridized carbons (Fsp3) is 0.385. The highest BCUT2D eigenvalue weighted by molar-refractivity contribution is 5.19. The van der Waals surface area contributed by atoms with Crippen molar-refractivity contribution in [3.63, 3.8) is 0 Å². The number of hydrogen-bond acceptors (Lipinski definition) is 4. The molecule has 0 unspecified atom stereocenters. The lowest BCUT2D eigenvalue weighted by Gasteiger charge is -1.96. The first-order valence-corrected chi connectivity index (χ1v) is 5.99. The molecule has 0 fully saturated rings. The van der Waals surface area contributed by atoms with Gasteiger partial charge in [0.25, 0.3) is 0 Å². The monoisotopic (exact) mass is 231 g/mol. The van der Waals surface area contributed by atoms with Gasteiger partial charge in [-0.3, -0.25) is 0 Å². The summed E-state index contributed by atoms with van der Waals surface area (Å²) in [5.74, 6) is 0.757. The maximum absolute atomic E-state index is 5.08. The number of benzene rings is 1. The van der Waals surface area contributed by atoms with Gasteiger partial charge in [0.15, 0.2) is 5.82 Å². The van der Waals surface area contributed by atoms with Crippen molar-refractivity contribution in [2.45, 2.75) is 26.2 Å². The summed E-state index contributed by atoms with van der Waals surface area (Å²) in [5.41, 5.74) is 1.29. The van der Waals surface area contributed by atoms with Crippen molar-refractivity contribution in [2.24, 2.45) is 0 Å². The molecule has 1 heterocycles. The van der Waals surface area contributed by atoms with Crippen molar-refractivity contribution >= 4 is 6.01 Å². The largest absolute Gasteiger partial charge is 0.338 e. The van der Waals surface area contributed by atoms with Crippen LogP contribution in [0.25, 0.3) is 0 Å². The summed E-state index contributed by atoms with van der Waals surface area (Å²) in [6.45, 7) is 2.96. The SMILES string of the molecule is CCCNc1nc(CCc2ccccc2)no1. The van der Waals surface area contributed by atoms with Crippen LogP contribution in [0.5, 0.6) is 0 Å². The van der Waals surface area contributed by atoms with E-state index in [1.807, 2.05) is 18.2 Å². The van der Waals surface area contributed by atoms with Crippen LogP contribution in [0.1, 0.15) is 24.7 Å². The van der Waals surface area contributed by atoms with E-state index in [4.69, 9.17) is 4.52 Å². The Balaban J connectivity index is 1.85. The molecule has 0 aliphatic heterocycles. The smallest absolute Gasteiger partial charge is 0.321 e. The zero-order valence-corrected chi connectivity index (χ0v) is 10.0. The number of aromatic nitrogens is 2. The molecular weight excluding hydrogens is 214 g/mol. The number of aryl methyl sites for hydroxylation is 2. The van der Waals surface area contributed by atoms with E-state index in [1.165, 1.54) is 5.56 Å². The molecule has 2 rings (SSSR count). The molecule has 0 amide bonds. The zero-order valence-electron chi connectivity index (χ0n) is 10.0. The maximum Gasteiger partial charge on any atom is 0.321 e. The van der Waals surface area contributed by atoms with Gasteiger partial charge >= 0.3 is 6.01 Å². The van der Waals surface area contributed by atoms with Crippen LogP contribution in [-0.4, -0.2) is 16.7 Å². The van der Waals surface area contributed by atoms with Crippen molar-refractivity contribution in [1.29, 1.82) is 0 Å². The van der Waals surface area contributed by atoms with E-state index in [-0.39, 0.29) is 0 Å². The standard InChI is InChI=1S/C13H17N3O/c1-2-10-14-13-15-12(16-17-13)9-8-11-6-4-3-5-7-11/h3-7H,2,8-10H2,1H3,(H,14,15,16). The van der Waals surface area contributed by atoms with Crippen molar-refractivity contribution in [3.8, 4) is 0 Å². The first-order valence-electron chi connectivity index (χ1n) is 5.99. The van der Waals surface area contributed by atoms with Gasteiger partial charge in [-0.1, -0.05) is 42.4 Å². The molecule has 1 aromatic heterocycles. The molecular formula is C13H17N3O. The predicted octanol–water partition coefficient (Wildman–Crippen LogP) is 2.68. The minimum absolute atomic E-state index is 0.523. The quantitative estimate of drug-likeness (QED) is 0.830. The molecule has 0 saturated carbocycles. The molecule has 0 atom stereocenters. The van der Waals surface area contributed by atoms with Crippen LogP contribution in [-0.2, 0) is 12.8 Å². The molecule has 0 spiro atoms. The lowest BCUT2D eigenvalue weighted by molar-refractivity contribution is 0.422. The molecule has 0 saturated heterocycles. The third-order valence-electron chi connectivity index (χ3n) is 2.47. The Labute approximate surface area is 101 Å². The molecule has 4 heteroatoms. The lowest BCUT2D eigenvalue weighted by atomic mass is 10.1. The van der Waals surface area contributed by atoms with E-state index < -0.39 is 0 Å². The Morgan fingerprint density at radius 3 is 2.76 bits per heavy atom. The Kier molecular flexibility index (Phi) is 4.13. The van der Waals surface area contributed by atoms with Crippen LogP contribution < -0.4 is 5.32 Å². The average Bonchev–Trinajstić information content (AvgIpc) is 2.83. The topological polar surface area (TPSA) is 51.0 Å². The van der Waals surface area contributed by atoms with Gasteiger partial charge in [-0.05, 0) is 18.4 Å². The van der Waals surface area contributed by atoms with Gasteiger partial charge in [0.2, 0.25) is 0 Å². The molecule has 17 heavy (non-hydrogen) atoms. The fourth-order valence-corrected chi connectivity index (χ4v) is 1.56. The van der Waals surface area contributed by atoms with Crippen molar-refractivity contribution < 1.29 is 4.52 Å². The summed E-state index contributed by atoms with van der Waals surface area (Å²) < 4.78 is 5.08. The maximum atomic E-state index is 5.08. The minimum atomic E-state index is 0.523. The number of rotatable bonds is 6. The Morgan fingerprint density at radius 2 is 2.00 bits per heavy atom. The van der Waals surface area contributed by atoms with Crippen LogP contribution in [0.3, 0.4) is 0 Å². The second kappa shape index (κ2) is 6.03. The second-order valence-electron chi connectivity index (χ2n) is 3.93. The molecule has 1 N–H and O–H groups in total. The van der Waals surface area contributed by atoms with Crippen molar-refractivity contribution in [1.82, 2.24) is 10.1 Å². The number of anilines is 1. The first-order chi connectivity index (χ1) is 8.38. The summed E-state index contributed by atoms with van der Waals surface area (Å²) in [6.07, 6.45) is 2.79. The van der Waals surface area contributed by atoms with Gasteiger partial charge in [0.05, 0.1) is 0 Å². The fourth-order valence-electron chi connectivity index (χ4n) is 1.56. The van der Waals surface area contributed by atoms with E-state index in [1.54, 1.807) is 0 Å². The molecule has 2 aromatic rings. The van der Waals surface area contributed by atoms with E-state index in [0.29, 0.717) is 6.01 Å². The highest BCUT2D eigenvalue weighted by Gasteiger charge is 2.05. The van der Waals surface area contributed by atoms with Gasteiger partial charge in [0.1, 0.15) is 0 Å². The lowest BCUT2D eigenvalue weighted by Crippen LogP contribution is -2.00. The molecule has 0 radical (unpaired) electrons. The number of nitrogens with one attached hydrogen (secondary N) is 1. The number of nitrogens with zero attached hydrogens (tertiary/aromatic N) is 2. The van der Waals surface area contributed by atoms with Crippen LogP contribution >= 0.6 is 0 Å². The Morgan fingerprint density at radius 1 is 1.18 bits per heavy atom. The normalized spacial score (nSPS) is 10.4. The van der Waals surface area contributed by atoms with Crippen LogP contribution in [0.2, 0.25) is 0 Å².